The van der Waals surface area contributed by atoms with Gasteiger partial charge in [-0.25, -0.2) is 0 Å². The van der Waals surface area contributed by atoms with Crippen molar-refractivity contribution in [3.63, 3.8) is 0 Å². The van der Waals surface area contributed by atoms with Gasteiger partial charge in [-0.15, -0.1) is 0 Å². The number of benzene rings is 2. The molecule has 2 aliphatic heterocycles. The van der Waals surface area contributed by atoms with Crippen LogP contribution < -0.4 is 9.47 Å². The molecule has 0 radical (unpaired) electrons. The average Bonchev–Trinajstić information content (AvgIpc) is 2.80. The summed E-state index contributed by atoms with van der Waals surface area (Å²) >= 11 is 0. The lowest BCUT2D eigenvalue weighted by atomic mass is 9.62. The molecular weight excluding hydrogens is 402 g/mol. The molecule has 32 heavy (non-hydrogen) atoms. The van der Waals surface area contributed by atoms with Crippen LogP contribution in [0.15, 0.2) is 48.5 Å². The number of ether oxygens (including phenoxy) is 3. The Labute approximate surface area is 191 Å². The van der Waals surface area contributed by atoms with Gasteiger partial charge in [0.25, 0.3) is 0 Å². The van der Waals surface area contributed by atoms with Crippen LogP contribution in [0.2, 0.25) is 0 Å². The van der Waals surface area contributed by atoms with E-state index in [1.807, 2.05) is 48.5 Å². The zero-order valence-electron chi connectivity index (χ0n) is 19.7. The largest absolute Gasteiger partial charge is 0.493 e. The molecule has 2 aromatic rings. The first-order valence-corrected chi connectivity index (χ1v) is 11.8. The molecule has 0 spiro atoms. The molecule has 0 amide bonds. The highest BCUT2D eigenvalue weighted by atomic mass is 16.5. The fourth-order valence-corrected chi connectivity index (χ4v) is 6.50. The van der Waals surface area contributed by atoms with E-state index in [0.717, 1.165) is 24.0 Å². The Hall–Kier alpha value is -2.08. The van der Waals surface area contributed by atoms with Crippen LogP contribution >= 0.6 is 0 Å². The smallest absolute Gasteiger partial charge is 0.161 e. The fraction of sp³-hybridized carbons (Fsp3) is 0.556. The molecule has 172 valence electrons. The van der Waals surface area contributed by atoms with E-state index in [1.54, 1.807) is 14.2 Å². The molecule has 5 nitrogen and oxygen atoms in total. The molecule has 3 aliphatic rings. The predicted octanol–water partition coefficient (Wildman–Crippen LogP) is 4.89. The van der Waals surface area contributed by atoms with Gasteiger partial charge in [0, 0.05) is 11.5 Å². The van der Waals surface area contributed by atoms with Crippen molar-refractivity contribution in [3.8, 4) is 11.5 Å². The molecule has 1 aliphatic carbocycles. The minimum atomic E-state index is -1.15. The van der Waals surface area contributed by atoms with E-state index in [0.29, 0.717) is 23.3 Å². The highest BCUT2D eigenvalue weighted by Gasteiger charge is 2.70. The van der Waals surface area contributed by atoms with E-state index >= 15 is 0 Å². The van der Waals surface area contributed by atoms with Gasteiger partial charge >= 0.3 is 0 Å². The van der Waals surface area contributed by atoms with Crippen LogP contribution in [0.3, 0.4) is 0 Å². The van der Waals surface area contributed by atoms with Crippen molar-refractivity contribution in [2.24, 2.45) is 11.8 Å². The zero-order valence-corrected chi connectivity index (χ0v) is 19.7. The van der Waals surface area contributed by atoms with Gasteiger partial charge < -0.3 is 19.3 Å². The highest BCUT2D eigenvalue weighted by Crippen LogP contribution is 2.63. The number of methoxy groups -OCH3 is 2. The van der Waals surface area contributed by atoms with Gasteiger partial charge in [0.2, 0.25) is 0 Å². The van der Waals surface area contributed by atoms with Crippen LogP contribution in [-0.2, 0) is 10.3 Å². The average molecular weight is 438 g/mol. The molecule has 0 bridgehead atoms. The van der Waals surface area contributed by atoms with Crippen molar-refractivity contribution >= 4 is 0 Å². The summed E-state index contributed by atoms with van der Waals surface area (Å²) in [5, 5.41) is 12.3. The van der Waals surface area contributed by atoms with Gasteiger partial charge in [0.1, 0.15) is 11.8 Å². The van der Waals surface area contributed by atoms with Gasteiger partial charge in [-0.05, 0) is 55.9 Å². The Kier molecular flexibility index (Phi) is 5.27. The van der Waals surface area contributed by atoms with E-state index in [-0.39, 0.29) is 23.9 Å². The lowest BCUT2D eigenvalue weighted by molar-refractivity contribution is -0.388. The summed E-state index contributed by atoms with van der Waals surface area (Å²) in [7, 11) is 3.29. The number of hydrogen-bond acceptors (Lipinski definition) is 5. The summed E-state index contributed by atoms with van der Waals surface area (Å²) in [4.78, 5) is 2.40. The van der Waals surface area contributed by atoms with Crippen molar-refractivity contribution in [1.82, 2.24) is 4.90 Å². The molecule has 0 unspecified atom stereocenters. The maximum absolute atomic E-state index is 12.3. The van der Waals surface area contributed by atoms with E-state index in [9.17, 15) is 5.11 Å². The molecule has 0 aromatic heterocycles. The minimum Gasteiger partial charge on any atom is -0.493 e. The predicted molar refractivity (Wildman–Crippen MR) is 124 cm³/mol. The standard InChI is InChI=1S/C27H35NO4/c1-17-11-13-20-22(15-17)32-25-27(29,19-9-7-6-8-10-19)24(28(25)26(20,2)3)18-12-14-21(30-4)23(16-18)31-5/h6-10,12,14,16-17,20,22,24-25,29H,11,13,15H2,1-5H3/t17-,20-,22-,24+,25+,27+/m1/s1. The highest BCUT2D eigenvalue weighted by molar-refractivity contribution is 5.47. The van der Waals surface area contributed by atoms with Crippen molar-refractivity contribution in [1.29, 1.82) is 0 Å². The Morgan fingerprint density at radius 3 is 2.41 bits per heavy atom. The van der Waals surface area contributed by atoms with Gasteiger partial charge in [0.15, 0.2) is 11.5 Å². The van der Waals surface area contributed by atoms with E-state index in [4.69, 9.17) is 14.2 Å². The summed E-state index contributed by atoms with van der Waals surface area (Å²) in [6.07, 6.45) is 3.24. The van der Waals surface area contributed by atoms with E-state index in [2.05, 4.69) is 25.7 Å². The van der Waals surface area contributed by atoms with Gasteiger partial charge in [-0.2, -0.15) is 0 Å². The zero-order chi connectivity index (χ0) is 22.7. The fourth-order valence-electron chi connectivity index (χ4n) is 6.50. The van der Waals surface area contributed by atoms with Gasteiger partial charge in [0.05, 0.1) is 26.4 Å². The minimum absolute atomic E-state index is 0.105. The van der Waals surface area contributed by atoms with E-state index < -0.39 is 5.60 Å². The third-order valence-corrected chi connectivity index (χ3v) is 8.21. The van der Waals surface area contributed by atoms with Crippen molar-refractivity contribution in [2.75, 3.05) is 14.2 Å². The summed E-state index contributed by atoms with van der Waals surface area (Å²) in [6.45, 7) is 6.97. The summed E-state index contributed by atoms with van der Waals surface area (Å²) < 4.78 is 17.8. The molecule has 2 saturated heterocycles. The Balaban J connectivity index is 1.62. The molecule has 3 fully saturated rings. The van der Waals surface area contributed by atoms with Crippen molar-refractivity contribution in [2.45, 2.75) is 69.5 Å². The first-order valence-electron chi connectivity index (χ1n) is 11.8. The van der Waals surface area contributed by atoms with Crippen LogP contribution in [0.1, 0.15) is 57.2 Å². The Morgan fingerprint density at radius 2 is 1.72 bits per heavy atom. The normalized spacial score (nSPS) is 35.9. The van der Waals surface area contributed by atoms with Gasteiger partial charge in [-0.3, -0.25) is 4.90 Å². The first kappa shape index (κ1) is 21.7. The SMILES string of the molecule is COc1ccc([C@@H]2N3[C@@H](O[C@@H]4C[C@H](C)CC[C@H]4C3(C)C)[C@]2(O)c2ccccc2)cc1OC. The van der Waals surface area contributed by atoms with Crippen molar-refractivity contribution < 1.29 is 19.3 Å². The Bertz CT molecular complexity index is 977. The second kappa shape index (κ2) is 7.75. The molecule has 6 atom stereocenters. The quantitative estimate of drug-likeness (QED) is 0.738. The van der Waals surface area contributed by atoms with Crippen LogP contribution in [-0.4, -0.2) is 42.1 Å². The summed E-state index contributed by atoms with van der Waals surface area (Å²) in [6, 6.07) is 15.7. The Morgan fingerprint density at radius 1 is 1.00 bits per heavy atom. The lowest BCUT2D eigenvalue weighted by Gasteiger charge is -2.71. The maximum Gasteiger partial charge on any atom is 0.161 e. The molecule has 1 saturated carbocycles. The first-order chi connectivity index (χ1) is 15.3. The second-order valence-electron chi connectivity index (χ2n) is 10.3. The lowest BCUT2D eigenvalue weighted by Crippen LogP contribution is -2.80. The number of aliphatic hydroxyl groups is 1. The molecular formula is C27H35NO4. The monoisotopic (exact) mass is 437 g/mol. The summed E-state index contributed by atoms with van der Waals surface area (Å²) in [5.74, 6) is 2.46. The van der Waals surface area contributed by atoms with Gasteiger partial charge in [-0.1, -0.05) is 49.7 Å². The molecule has 5 heteroatoms. The van der Waals surface area contributed by atoms with Crippen LogP contribution in [0.4, 0.5) is 0 Å². The summed E-state index contributed by atoms with van der Waals surface area (Å²) in [5.41, 5.74) is 0.639. The number of hydrogen-bond donors (Lipinski definition) is 1. The third-order valence-electron chi connectivity index (χ3n) is 8.21. The number of nitrogens with zero attached hydrogens (tertiary/aromatic N) is 1. The number of rotatable bonds is 4. The third kappa shape index (κ3) is 3.01. The number of fused-ring (bicyclic) bond motifs is 2. The molecule has 1 N–H and O–H groups in total. The van der Waals surface area contributed by atoms with Crippen molar-refractivity contribution in [3.05, 3.63) is 59.7 Å². The molecule has 5 rings (SSSR count). The molecule has 2 aromatic carbocycles. The molecule has 2 heterocycles. The van der Waals surface area contributed by atoms with Crippen LogP contribution in [0.5, 0.6) is 11.5 Å². The van der Waals surface area contributed by atoms with E-state index in [1.165, 1.54) is 6.42 Å². The maximum atomic E-state index is 12.3. The second-order valence-corrected chi connectivity index (χ2v) is 10.3. The topological polar surface area (TPSA) is 51.2 Å². The van der Waals surface area contributed by atoms with Crippen LogP contribution in [0, 0.1) is 11.8 Å². The van der Waals surface area contributed by atoms with Crippen LogP contribution in [0.25, 0.3) is 0 Å².